The summed E-state index contributed by atoms with van der Waals surface area (Å²) in [7, 11) is 3.96. The van der Waals surface area contributed by atoms with E-state index >= 15 is 0 Å². The highest BCUT2D eigenvalue weighted by atomic mass is 16.5. The highest BCUT2D eigenvalue weighted by Gasteiger charge is 2.29. The van der Waals surface area contributed by atoms with Gasteiger partial charge in [0.2, 0.25) is 5.91 Å². The van der Waals surface area contributed by atoms with E-state index in [1.807, 2.05) is 54.2 Å². The maximum Gasteiger partial charge on any atom is 0.260 e. The second-order valence-corrected chi connectivity index (χ2v) is 8.24. The molecule has 2 amide bonds. The van der Waals surface area contributed by atoms with Crippen molar-refractivity contribution in [1.82, 2.24) is 4.90 Å². The standard InChI is InChI=1S/C24H29N3O3/c1-26(2)17-10-11-18-20(15-23(28)25-21(18)14-17)19-8-4-5-9-22(19)30-16-24(29)27-12-6-3-7-13-27/h4-5,8-11,14,20H,3,6-7,12-13,15-16H2,1-2H3,(H,25,28). The lowest BCUT2D eigenvalue weighted by Crippen LogP contribution is -2.38. The molecule has 1 N–H and O–H groups in total. The van der Waals surface area contributed by atoms with E-state index in [-0.39, 0.29) is 24.3 Å². The molecule has 2 aliphatic heterocycles. The lowest BCUT2D eigenvalue weighted by molar-refractivity contribution is -0.134. The van der Waals surface area contributed by atoms with Crippen LogP contribution in [-0.4, -0.2) is 50.5 Å². The number of fused-ring (bicyclic) bond motifs is 1. The van der Waals surface area contributed by atoms with Crippen LogP contribution in [0.4, 0.5) is 11.4 Å². The molecule has 0 aliphatic carbocycles. The largest absolute Gasteiger partial charge is 0.483 e. The molecule has 1 saturated heterocycles. The topological polar surface area (TPSA) is 61.9 Å². The summed E-state index contributed by atoms with van der Waals surface area (Å²) in [6.07, 6.45) is 3.66. The second kappa shape index (κ2) is 8.78. The fourth-order valence-electron chi connectivity index (χ4n) is 4.28. The number of ether oxygens (including phenoxy) is 1. The Morgan fingerprint density at radius 2 is 1.87 bits per heavy atom. The molecule has 0 bridgehead atoms. The number of amides is 2. The predicted octanol–water partition coefficient (Wildman–Crippen LogP) is 3.62. The maximum absolute atomic E-state index is 12.5. The molecule has 0 spiro atoms. The highest BCUT2D eigenvalue weighted by molar-refractivity contribution is 5.96. The Balaban J connectivity index is 1.58. The van der Waals surface area contributed by atoms with Crippen molar-refractivity contribution in [3.05, 3.63) is 53.6 Å². The molecule has 1 unspecified atom stereocenters. The number of piperidine rings is 1. The summed E-state index contributed by atoms with van der Waals surface area (Å²) in [6, 6.07) is 13.9. The SMILES string of the molecule is CN(C)c1ccc2c(c1)NC(=O)CC2c1ccccc1OCC(=O)N1CCCCC1. The fraction of sp³-hybridized carbons (Fsp3) is 0.417. The Bertz CT molecular complexity index is 935. The Morgan fingerprint density at radius 3 is 2.63 bits per heavy atom. The van der Waals surface area contributed by atoms with Crippen molar-refractivity contribution >= 4 is 23.2 Å². The molecule has 0 saturated carbocycles. The zero-order valence-corrected chi connectivity index (χ0v) is 17.7. The molecule has 4 rings (SSSR count). The van der Waals surface area contributed by atoms with E-state index in [1.54, 1.807) is 0 Å². The van der Waals surface area contributed by atoms with E-state index in [0.29, 0.717) is 12.2 Å². The summed E-state index contributed by atoms with van der Waals surface area (Å²) >= 11 is 0. The molecular formula is C24H29N3O3. The first kappa shape index (κ1) is 20.3. The number of para-hydroxylation sites is 1. The minimum Gasteiger partial charge on any atom is -0.483 e. The zero-order chi connectivity index (χ0) is 21.1. The third-order valence-electron chi connectivity index (χ3n) is 5.95. The summed E-state index contributed by atoms with van der Waals surface area (Å²) in [6.45, 7) is 1.66. The molecule has 2 aromatic carbocycles. The van der Waals surface area contributed by atoms with Gasteiger partial charge >= 0.3 is 0 Å². The maximum atomic E-state index is 12.5. The predicted molar refractivity (Wildman–Crippen MR) is 118 cm³/mol. The summed E-state index contributed by atoms with van der Waals surface area (Å²) in [5, 5.41) is 3.00. The Hall–Kier alpha value is -3.02. The van der Waals surface area contributed by atoms with Crippen molar-refractivity contribution in [2.75, 3.05) is 44.0 Å². The number of rotatable bonds is 5. The quantitative estimate of drug-likeness (QED) is 0.822. The molecular weight excluding hydrogens is 378 g/mol. The van der Waals surface area contributed by atoms with Gasteiger partial charge in [0.1, 0.15) is 5.75 Å². The van der Waals surface area contributed by atoms with Crippen LogP contribution in [0, 0.1) is 0 Å². The van der Waals surface area contributed by atoms with Crippen molar-refractivity contribution in [2.45, 2.75) is 31.6 Å². The van der Waals surface area contributed by atoms with Gasteiger partial charge in [0.15, 0.2) is 6.61 Å². The first-order chi connectivity index (χ1) is 14.5. The molecule has 158 valence electrons. The number of carbonyl (C=O) groups excluding carboxylic acids is 2. The molecule has 6 heteroatoms. The van der Waals surface area contributed by atoms with Gasteiger partial charge in [-0.25, -0.2) is 0 Å². The van der Waals surface area contributed by atoms with Crippen LogP contribution in [-0.2, 0) is 9.59 Å². The second-order valence-electron chi connectivity index (χ2n) is 8.24. The van der Waals surface area contributed by atoms with Crippen molar-refractivity contribution in [3.8, 4) is 5.75 Å². The van der Waals surface area contributed by atoms with Crippen LogP contribution in [0.3, 0.4) is 0 Å². The molecule has 2 aromatic rings. The smallest absolute Gasteiger partial charge is 0.260 e. The summed E-state index contributed by atoms with van der Waals surface area (Å²) in [5.41, 5.74) is 3.88. The van der Waals surface area contributed by atoms with Gasteiger partial charge in [-0.1, -0.05) is 24.3 Å². The van der Waals surface area contributed by atoms with Crippen molar-refractivity contribution < 1.29 is 14.3 Å². The average molecular weight is 408 g/mol. The lowest BCUT2D eigenvalue weighted by atomic mass is 9.84. The Morgan fingerprint density at radius 1 is 1.10 bits per heavy atom. The number of likely N-dealkylation sites (tertiary alicyclic amines) is 1. The number of carbonyl (C=O) groups is 2. The van der Waals surface area contributed by atoms with E-state index in [4.69, 9.17) is 4.74 Å². The van der Waals surface area contributed by atoms with Gasteiger partial charge in [-0.15, -0.1) is 0 Å². The van der Waals surface area contributed by atoms with Crippen LogP contribution in [0.1, 0.15) is 42.7 Å². The molecule has 1 fully saturated rings. The first-order valence-corrected chi connectivity index (χ1v) is 10.6. The molecule has 30 heavy (non-hydrogen) atoms. The molecule has 1 atom stereocenters. The van der Waals surface area contributed by atoms with Gasteiger partial charge in [0.25, 0.3) is 5.91 Å². The van der Waals surface area contributed by atoms with E-state index < -0.39 is 0 Å². The van der Waals surface area contributed by atoms with Crippen LogP contribution in [0.25, 0.3) is 0 Å². The van der Waals surface area contributed by atoms with Crippen LogP contribution >= 0.6 is 0 Å². The van der Waals surface area contributed by atoms with Gasteiger partial charge in [-0.2, -0.15) is 0 Å². The summed E-state index contributed by atoms with van der Waals surface area (Å²) in [4.78, 5) is 28.9. The number of nitrogens with one attached hydrogen (secondary N) is 1. The van der Waals surface area contributed by atoms with Gasteiger partial charge < -0.3 is 19.9 Å². The Labute approximate surface area is 177 Å². The number of nitrogens with zero attached hydrogens (tertiary/aromatic N) is 2. The van der Waals surface area contributed by atoms with E-state index in [0.717, 1.165) is 48.4 Å². The molecule has 2 heterocycles. The number of anilines is 2. The van der Waals surface area contributed by atoms with Crippen LogP contribution < -0.4 is 15.0 Å². The first-order valence-electron chi connectivity index (χ1n) is 10.6. The monoisotopic (exact) mass is 407 g/mol. The molecule has 0 aromatic heterocycles. The van der Waals surface area contributed by atoms with Crippen molar-refractivity contribution in [1.29, 1.82) is 0 Å². The van der Waals surface area contributed by atoms with E-state index in [9.17, 15) is 9.59 Å². The van der Waals surface area contributed by atoms with Crippen LogP contribution in [0.15, 0.2) is 42.5 Å². The van der Waals surface area contributed by atoms with Crippen LogP contribution in [0.2, 0.25) is 0 Å². The Kier molecular flexibility index (Phi) is 5.93. The fourth-order valence-corrected chi connectivity index (χ4v) is 4.28. The summed E-state index contributed by atoms with van der Waals surface area (Å²) in [5.74, 6) is 0.584. The minimum atomic E-state index is -0.105. The molecule has 0 radical (unpaired) electrons. The number of hydrogen-bond acceptors (Lipinski definition) is 4. The van der Waals surface area contributed by atoms with Gasteiger partial charge in [0.05, 0.1) is 0 Å². The van der Waals surface area contributed by atoms with E-state index in [2.05, 4.69) is 17.4 Å². The van der Waals surface area contributed by atoms with Crippen molar-refractivity contribution in [2.24, 2.45) is 0 Å². The highest BCUT2D eigenvalue weighted by Crippen LogP contribution is 2.41. The van der Waals surface area contributed by atoms with Gasteiger partial charge in [-0.05, 0) is 43.0 Å². The minimum absolute atomic E-state index is 0.0115. The normalized spacial score (nSPS) is 18.4. The van der Waals surface area contributed by atoms with E-state index in [1.165, 1.54) is 6.42 Å². The van der Waals surface area contributed by atoms with Crippen LogP contribution in [0.5, 0.6) is 5.75 Å². The third kappa shape index (κ3) is 4.27. The third-order valence-corrected chi connectivity index (χ3v) is 5.95. The molecule has 2 aliphatic rings. The zero-order valence-electron chi connectivity index (χ0n) is 17.7. The average Bonchev–Trinajstić information content (AvgIpc) is 2.77. The van der Waals surface area contributed by atoms with Gasteiger partial charge in [-0.3, -0.25) is 9.59 Å². The van der Waals surface area contributed by atoms with Gasteiger partial charge in [0, 0.05) is 56.5 Å². The molecule has 6 nitrogen and oxygen atoms in total. The number of hydrogen-bond donors (Lipinski definition) is 1. The summed E-state index contributed by atoms with van der Waals surface area (Å²) < 4.78 is 5.99. The lowest BCUT2D eigenvalue weighted by Gasteiger charge is -2.29. The van der Waals surface area contributed by atoms with Crippen molar-refractivity contribution in [3.63, 3.8) is 0 Å². The number of benzene rings is 2.